The van der Waals surface area contributed by atoms with E-state index in [9.17, 15) is 4.39 Å². The molecule has 1 aromatic carbocycles. The van der Waals surface area contributed by atoms with E-state index in [0.717, 1.165) is 37.6 Å². The SMILES string of the molecule is CCNC(=NCc1ccc(F)cc1)NCCC(OCC)C(C)C. The molecule has 1 unspecified atom stereocenters. The van der Waals surface area contributed by atoms with Crippen LogP contribution < -0.4 is 10.6 Å². The molecule has 0 aromatic heterocycles. The Labute approximate surface area is 139 Å². The Morgan fingerprint density at radius 3 is 2.43 bits per heavy atom. The monoisotopic (exact) mass is 323 g/mol. The summed E-state index contributed by atoms with van der Waals surface area (Å²) in [5.74, 6) is 1.05. The molecule has 0 spiro atoms. The van der Waals surface area contributed by atoms with E-state index in [1.165, 1.54) is 12.1 Å². The summed E-state index contributed by atoms with van der Waals surface area (Å²) >= 11 is 0. The van der Waals surface area contributed by atoms with Crippen LogP contribution in [-0.4, -0.2) is 31.8 Å². The van der Waals surface area contributed by atoms with E-state index in [0.29, 0.717) is 12.5 Å². The van der Waals surface area contributed by atoms with Gasteiger partial charge in [-0.2, -0.15) is 0 Å². The van der Waals surface area contributed by atoms with Crippen LogP contribution in [0.15, 0.2) is 29.3 Å². The first-order valence-electron chi connectivity index (χ1n) is 8.45. The lowest BCUT2D eigenvalue weighted by molar-refractivity contribution is 0.0258. The smallest absolute Gasteiger partial charge is 0.191 e. The van der Waals surface area contributed by atoms with Crippen LogP contribution in [0.1, 0.15) is 39.7 Å². The van der Waals surface area contributed by atoms with Crippen molar-refractivity contribution >= 4 is 5.96 Å². The topological polar surface area (TPSA) is 45.7 Å². The number of nitrogens with one attached hydrogen (secondary N) is 2. The highest BCUT2D eigenvalue weighted by Crippen LogP contribution is 2.10. The predicted octanol–water partition coefficient (Wildman–Crippen LogP) is 3.33. The van der Waals surface area contributed by atoms with Crippen LogP contribution in [0, 0.1) is 11.7 Å². The number of ether oxygens (including phenoxy) is 1. The summed E-state index contributed by atoms with van der Waals surface area (Å²) in [5.41, 5.74) is 0.984. The van der Waals surface area contributed by atoms with Crippen LogP contribution in [0.25, 0.3) is 0 Å². The fourth-order valence-corrected chi connectivity index (χ4v) is 2.26. The van der Waals surface area contributed by atoms with Gasteiger partial charge >= 0.3 is 0 Å². The Kier molecular flexibility index (Phi) is 9.29. The second-order valence-corrected chi connectivity index (χ2v) is 5.77. The van der Waals surface area contributed by atoms with Gasteiger partial charge in [0, 0.05) is 19.7 Å². The molecule has 2 N–H and O–H groups in total. The molecule has 130 valence electrons. The highest BCUT2D eigenvalue weighted by atomic mass is 19.1. The molecule has 0 bridgehead atoms. The Morgan fingerprint density at radius 2 is 1.87 bits per heavy atom. The van der Waals surface area contributed by atoms with Gasteiger partial charge < -0.3 is 15.4 Å². The molecular formula is C18H30FN3O. The Balaban J connectivity index is 2.50. The second-order valence-electron chi connectivity index (χ2n) is 5.77. The molecule has 0 amide bonds. The third kappa shape index (κ3) is 7.98. The second kappa shape index (κ2) is 11.0. The minimum absolute atomic E-state index is 0.224. The molecule has 1 atom stereocenters. The minimum atomic E-state index is -0.224. The van der Waals surface area contributed by atoms with Gasteiger partial charge in [0.05, 0.1) is 12.6 Å². The average molecular weight is 323 g/mol. The lowest BCUT2D eigenvalue weighted by Crippen LogP contribution is -2.39. The van der Waals surface area contributed by atoms with E-state index in [1.807, 2.05) is 13.8 Å². The Morgan fingerprint density at radius 1 is 1.17 bits per heavy atom. The lowest BCUT2D eigenvalue weighted by atomic mass is 10.0. The highest BCUT2D eigenvalue weighted by molar-refractivity contribution is 5.79. The third-order valence-corrected chi connectivity index (χ3v) is 3.52. The van der Waals surface area contributed by atoms with Crippen molar-refractivity contribution in [1.82, 2.24) is 10.6 Å². The van der Waals surface area contributed by atoms with E-state index in [1.54, 1.807) is 12.1 Å². The van der Waals surface area contributed by atoms with Crippen LogP contribution in [0.2, 0.25) is 0 Å². The predicted molar refractivity (Wildman–Crippen MR) is 94.1 cm³/mol. The first kappa shape index (κ1) is 19.4. The number of guanidine groups is 1. The van der Waals surface area contributed by atoms with Gasteiger partial charge in [-0.05, 0) is 43.9 Å². The van der Waals surface area contributed by atoms with E-state index in [4.69, 9.17) is 4.74 Å². The van der Waals surface area contributed by atoms with Gasteiger partial charge in [-0.25, -0.2) is 9.38 Å². The van der Waals surface area contributed by atoms with Gasteiger partial charge in [-0.1, -0.05) is 26.0 Å². The first-order chi connectivity index (χ1) is 11.1. The van der Waals surface area contributed by atoms with Crippen molar-refractivity contribution in [2.45, 2.75) is 46.8 Å². The van der Waals surface area contributed by atoms with E-state index in [-0.39, 0.29) is 11.9 Å². The molecule has 0 fully saturated rings. The number of hydrogen-bond acceptors (Lipinski definition) is 2. The van der Waals surface area contributed by atoms with Gasteiger partial charge in [0.15, 0.2) is 5.96 Å². The number of aliphatic imine (C=N–C) groups is 1. The summed E-state index contributed by atoms with van der Waals surface area (Å²) in [5, 5.41) is 6.55. The van der Waals surface area contributed by atoms with Crippen molar-refractivity contribution < 1.29 is 9.13 Å². The van der Waals surface area contributed by atoms with Crippen molar-refractivity contribution in [3.63, 3.8) is 0 Å². The molecule has 0 saturated heterocycles. The van der Waals surface area contributed by atoms with Crippen molar-refractivity contribution in [2.75, 3.05) is 19.7 Å². The molecule has 1 aromatic rings. The van der Waals surface area contributed by atoms with Crippen LogP contribution in [0.3, 0.4) is 0 Å². The van der Waals surface area contributed by atoms with Crippen molar-refractivity contribution in [1.29, 1.82) is 0 Å². The molecule has 0 aliphatic carbocycles. The number of benzene rings is 1. The van der Waals surface area contributed by atoms with Gasteiger partial charge in [-0.3, -0.25) is 0 Å². The lowest BCUT2D eigenvalue weighted by Gasteiger charge is -2.21. The molecule has 5 heteroatoms. The summed E-state index contributed by atoms with van der Waals surface area (Å²) in [6.07, 6.45) is 1.19. The zero-order valence-electron chi connectivity index (χ0n) is 14.7. The fourth-order valence-electron chi connectivity index (χ4n) is 2.26. The largest absolute Gasteiger partial charge is 0.378 e. The molecule has 0 aliphatic heterocycles. The standard InChI is InChI=1S/C18H30FN3O/c1-5-20-18(21-12-11-17(14(3)4)23-6-2)22-13-15-7-9-16(19)10-8-15/h7-10,14,17H,5-6,11-13H2,1-4H3,(H2,20,21,22). The summed E-state index contributed by atoms with van der Waals surface area (Å²) < 4.78 is 18.7. The molecule has 0 saturated carbocycles. The molecule has 23 heavy (non-hydrogen) atoms. The highest BCUT2D eigenvalue weighted by Gasteiger charge is 2.12. The summed E-state index contributed by atoms with van der Waals surface area (Å²) in [6.45, 7) is 11.3. The molecule has 0 aliphatic rings. The van der Waals surface area contributed by atoms with Crippen LogP contribution in [-0.2, 0) is 11.3 Å². The van der Waals surface area contributed by atoms with Crippen molar-refractivity contribution in [2.24, 2.45) is 10.9 Å². The fraction of sp³-hybridized carbons (Fsp3) is 0.611. The molecule has 0 heterocycles. The number of nitrogens with zero attached hydrogens (tertiary/aromatic N) is 1. The molecular weight excluding hydrogens is 293 g/mol. The minimum Gasteiger partial charge on any atom is -0.378 e. The molecule has 1 rings (SSSR count). The number of halogens is 1. The van der Waals surface area contributed by atoms with Gasteiger partial charge in [0.2, 0.25) is 0 Å². The Bertz CT molecular complexity index is 460. The van der Waals surface area contributed by atoms with E-state index >= 15 is 0 Å². The van der Waals surface area contributed by atoms with Gasteiger partial charge in [-0.15, -0.1) is 0 Å². The maximum absolute atomic E-state index is 12.9. The quantitative estimate of drug-likeness (QED) is 0.541. The van der Waals surface area contributed by atoms with Crippen molar-refractivity contribution in [3.05, 3.63) is 35.6 Å². The zero-order chi connectivity index (χ0) is 17.1. The molecule has 4 nitrogen and oxygen atoms in total. The average Bonchev–Trinajstić information content (AvgIpc) is 2.53. The van der Waals surface area contributed by atoms with Crippen LogP contribution >= 0.6 is 0 Å². The van der Waals surface area contributed by atoms with Crippen molar-refractivity contribution in [3.8, 4) is 0 Å². The first-order valence-corrected chi connectivity index (χ1v) is 8.45. The van der Waals surface area contributed by atoms with E-state index in [2.05, 4.69) is 29.5 Å². The van der Waals surface area contributed by atoms with Crippen LogP contribution in [0.5, 0.6) is 0 Å². The summed E-state index contributed by atoms with van der Waals surface area (Å²) in [4.78, 5) is 4.53. The van der Waals surface area contributed by atoms with Crippen LogP contribution in [0.4, 0.5) is 4.39 Å². The number of hydrogen-bond donors (Lipinski definition) is 2. The zero-order valence-corrected chi connectivity index (χ0v) is 14.7. The summed E-state index contributed by atoms with van der Waals surface area (Å²) in [7, 11) is 0. The maximum Gasteiger partial charge on any atom is 0.191 e. The normalized spacial score (nSPS) is 13.2. The van der Waals surface area contributed by atoms with Gasteiger partial charge in [0.1, 0.15) is 5.82 Å². The Hall–Kier alpha value is -1.62. The maximum atomic E-state index is 12.9. The molecule has 0 radical (unpaired) electrons. The van der Waals surface area contributed by atoms with Gasteiger partial charge in [0.25, 0.3) is 0 Å². The summed E-state index contributed by atoms with van der Waals surface area (Å²) in [6, 6.07) is 6.43. The number of rotatable bonds is 9. The van der Waals surface area contributed by atoms with E-state index < -0.39 is 0 Å². The third-order valence-electron chi connectivity index (χ3n) is 3.52.